The van der Waals surface area contributed by atoms with Gasteiger partial charge in [0.2, 0.25) is 0 Å². The fraction of sp³-hybridized carbons (Fsp3) is 0. The maximum absolute atomic E-state index is 13.2. The molecule has 0 saturated carbocycles. The van der Waals surface area contributed by atoms with Crippen LogP contribution in [0.25, 0.3) is 11.1 Å². The van der Waals surface area contributed by atoms with E-state index in [1.165, 1.54) is 6.07 Å². The summed E-state index contributed by atoms with van der Waals surface area (Å²) < 4.78 is 14.7. The largest absolute Gasteiger partial charge is 0.206 e. The highest BCUT2D eigenvalue weighted by atomic mass is 127. The SMILES string of the molecule is Fc1cc(Br)c(-c2ccccc2)cc1I. The van der Waals surface area contributed by atoms with Crippen molar-refractivity contribution in [3.8, 4) is 11.1 Å². The molecule has 0 N–H and O–H groups in total. The van der Waals surface area contributed by atoms with Crippen molar-refractivity contribution in [3.63, 3.8) is 0 Å². The van der Waals surface area contributed by atoms with Crippen molar-refractivity contribution in [2.45, 2.75) is 0 Å². The Hall–Kier alpha value is -0.420. The molecule has 0 spiro atoms. The predicted molar refractivity (Wildman–Crippen MR) is 72.3 cm³/mol. The molecule has 15 heavy (non-hydrogen) atoms. The van der Waals surface area contributed by atoms with Gasteiger partial charge in [-0.3, -0.25) is 0 Å². The lowest BCUT2D eigenvalue weighted by molar-refractivity contribution is 0.619. The Morgan fingerprint density at radius 1 is 1.07 bits per heavy atom. The Balaban J connectivity index is 2.59. The van der Waals surface area contributed by atoms with Crippen LogP contribution in [0.3, 0.4) is 0 Å². The van der Waals surface area contributed by atoms with Gasteiger partial charge in [0.25, 0.3) is 0 Å². The Bertz CT molecular complexity index is 482. The van der Waals surface area contributed by atoms with Crippen LogP contribution in [0, 0.1) is 9.39 Å². The third-order valence-corrected chi connectivity index (χ3v) is 3.58. The summed E-state index contributed by atoms with van der Waals surface area (Å²) in [4.78, 5) is 0. The topological polar surface area (TPSA) is 0 Å². The monoisotopic (exact) mass is 376 g/mol. The van der Waals surface area contributed by atoms with Crippen LogP contribution in [0.4, 0.5) is 4.39 Å². The molecule has 0 aliphatic heterocycles. The van der Waals surface area contributed by atoms with Crippen LogP contribution in [-0.4, -0.2) is 0 Å². The minimum atomic E-state index is -0.192. The molecule has 0 aromatic heterocycles. The van der Waals surface area contributed by atoms with Crippen molar-refractivity contribution in [3.05, 3.63) is 56.3 Å². The van der Waals surface area contributed by atoms with Gasteiger partial charge in [-0.05, 0) is 45.9 Å². The average molecular weight is 377 g/mol. The van der Waals surface area contributed by atoms with Crippen molar-refractivity contribution >= 4 is 38.5 Å². The summed E-state index contributed by atoms with van der Waals surface area (Å²) >= 11 is 5.37. The fourth-order valence-corrected chi connectivity index (χ4v) is 2.37. The van der Waals surface area contributed by atoms with Gasteiger partial charge in [-0.25, -0.2) is 4.39 Å². The highest BCUT2D eigenvalue weighted by Gasteiger charge is 2.07. The molecule has 0 radical (unpaired) electrons. The van der Waals surface area contributed by atoms with E-state index in [-0.39, 0.29) is 5.82 Å². The van der Waals surface area contributed by atoms with E-state index in [1.807, 2.05) is 59.0 Å². The zero-order valence-electron chi connectivity index (χ0n) is 7.68. The van der Waals surface area contributed by atoms with Crippen LogP contribution < -0.4 is 0 Å². The first-order valence-electron chi connectivity index (χ1n) is 4.38. The summed E-state index contributed by atoms with van der Waals surface area (Å²) in [6.45, 7) is 0. The molecule has 2 aromatic rings. The molecule has 0 aliphatic carbocycles. The highest BCUT2D eigenvalue weighted by molar-refractivity contribution is 14.1. The van der Waals surface area contributed by atoms with Crippen LogP contribution in [0.15, 0.2) is 46.9 Å². The van der Waals surface area contributed by atoms with E-state index < -0.39 is 0 Å². The van der Waals surface area contributed by atoms with Gasteiger partial charge < -0.3 is 0 Å². The van der Waals surface area contributed by atoms with Crippen LogP contribution in [0.5, 0.6) is 0 Å². The zero-order valence-corrected chi connectivity index (χ0v) is 11.4. The average Bonchev–Trinajstić information content (AvgIpc) is 2.25. The quantitative estimate of drug-likeness (QED) is 0.492. The van der Waals surface area contributed by atoms with Gasteiger partial charge in [0, 0.05) is 8.04 Å². The van der Waals surface area contributed by atoms with Crippen LogP contribution in [0.2, 0.25) is 0 Å². The third-order valence-electron chi connectivity index (χ3n) is 2.09. The van der Waals surface area contributed by atoms with Crippen molar-refractivity contribution < 1.29 is 4.39 Å². The molecule has 0 atom stereocenters. The maximum atomic E-state index is 13.2. The number of rotatable bonds is 1. The minimum Gasteiger partial charge on any atom is -0.206 e. The van der Waals surface area contributed by atoms with E-state index in [2.05, 4.69) is 15.9 Å². The van der Waals surface area contributed by atoms with Crippen molar-refractivity contribution in [2.24, 2.45) is 0 Å². The van der Waals surface area contributed by atoms with Gasteiger partial charge in [-0.2, -0.15) is 0 Å². The van der Waals surface area contributed by atoms with Gasteiger partial charge in [0.05, 0.1) is 0 Å². The molecule has 0 bridgehead atoms. The lowest BCUT2D eigenvalue weighted by atomic mass is 10.1. The van der Waals surface area contributed by atoms with Gasteiger partial charge in [0.15, 0.2) is 0 Å². The first kappa shape index (κ1) is 11.1. The lowest BCUT2D eigenvalue weighted by Gasteiger charge is -2.06. The van der Waals surface area contributed by atoms with Crippen LogP contribution >= 0.6 is 38.5 Å². The molecule has 0 unspecified atom stereocenters. The molecule has 0 aliphatic rings. The van der Waals surface area contributed by atoms with Gasteiger partial charge in [-0.1, -0.05) is 46.3 Å². The molecule has 0 amide bonds. The first-order chi connectivity index (χ1) is 7.18. The maximum Gasteiger partial charge on any atom is 0.137 e. The second-order valence-electron chi connectivity index (χ2n) is 3.11. The number of benzene rings is 2. The Labute approximate surface area is 110 Å². The summed E-state index contributed by atoms with van der Waals surface area (Å²) in [5.41, 5.74) is 2.10. The standard InChI is InChI=1S/C12H7BrFI/c13-10-7-11(14)12(15)6-9(10)8-4-2-1-3-5-8/h1-7H. The summed E-state index contributed by atoms with van der Waals surface area (Å²) in [5.74, 6) is -0.192. The van der Waals surface area contributed by atoms with E-state index in [0.29, 0.717) is 3.57 Å². The Kier molecular flexibility index (Phi) is 3.41. The van der Waals surface area contributed by atoms with E-state index in [9.17, 15) is 4.39 Å². The Morgan fingerprint density at radius 3 is 2.40 bits per heavy atom. The molecule has 2 rings (SSSR count). The second kappa shape index (κ2) is 4.61. The number of hydrogen-bond donors (Lipinski definition) is 0. The lowest BCUT2D eigenvalue weighted by Crippen LogP contribution is -1.86. The molecule has 2 aromatic carbocycles. The summed E-state index contributed by atoms with van der Waals surface area (Å²) in [6, 6.07) is 13.3. The fourth-order valence-electron chi connectivity index (χ4n) is 1.36. The molecular formula is C12H7BrFI. The number of hydrogen-bond acceptors (Lipinski definition) is 0. The minimum absolute atomic E-state index is 0.192. The summed E-state index contributed by atoms with van der Waals surface area (Å²) in [5, 5.41) is 0. The van der Waals surface area contributed by atoms with E-state index in [0.717, 1.165) is 15.6 Å². The number of halogens is 3. The molecule has 76 valence electrons. The molecule has 0 saturated heterocycles. The van der Waals surface area contributed by atoms with Crippen molar-refractivity contribution in [1.82, 2.24) is 0 Å². The van der Waals surface area contributed by atoms with Crippen LogP contribution in [-0.2, 0) is 0 Å². The second-order valence-corrected chi connectivity index (χ2v) is 5.13. The van der Waals surface area contributed by atoms with Gasteiger partial charge >= 0.3 is 0 Å². The van der Waals surface area contributed by atoms with E-state index >= 15 is 0 Å². The molecule has 0 fully saturated rings. The normalized spacial score (nSPS) is 10.3. The summed E-state index contributed by atoms with van der Waals surface area (Å²) in [7, 11) is 0. The van der Waals surface area contributed by atoms with E-state index in [4.69, 9.17) is 0 Å². The van der Waals surface area contributed by atoms with Gasteiger partial charge in [-0.15, -0.1) is 0 Å². The Morgan fingerprint density at radius 2 is 1.73 bits per heavy atom. The summed E-state index contributed by atoms with van der Waals surface area (Å²) in [6.07, 6.45) is 0. The molecule has 0 nitrogen and oxygen atoms in total. The zero-order chi connectivity index (χ0) is 10.8. The molecule has 0 heterocycles. The smallest absolute Gasteiger partial charge is 0.137 e. The molecular weight excluding hydrogens is 370 g/mol. The predicted octanol–water partition coefficient (Wildman–Crippen LogP) is 4.86. The first-order valence-corrected chi connectivity index (χ1v) is 6.25. The molecule has 3 heteroatoms. The van der Waals surface area contributed by atoms with Gasteiger partial charge in [0.1, 0.15) is 5.82 Å². The van der Waals surface area contributed by atoms with E-state index in [1.54, 1.807) is 0 Å². The van der Waals surface area contributed by atoms with Crippen molar-refractivity contribution in [2.75, 3.05) is 0 Å². The highest BCUT2D eigenvalue weighted by Crippen LogP contribution is 2.30. The van der Waals surface area contributed by atoms with Crippen LogP contribution in [0.1, 0.15) is 0 Å². The van der Waals surface area contributed by atoms with Crippen molar-refractivity contribution in [1.29, 1.82) is 0 Å². The third kappa shape index (κ3) is 2.39.